The summed E-state index contributed by atoms with van der Waals surface area (Å²) < 4.78 is 4.24. The van der Waals surface area contributed by atoms with Crippen LogP contribution < -0.4 is 10.9 Å². The number of nitrogens with zero attached hydrogens (tertiary/aromatic N) is 5. The Morgan fingerprint density at radius 3 is 2.42 bits per heavy atom. The molecule has 0 unspecified atom stereocenters. The molecule has 10 heteroatoms. The molecule has 40 heavy (non-hydrogen) atoms. The van der Waals surface area contributed by atoms with E-state index in [4.69, 9.17) is 4.98 Å². The molecule has 0 radical (unpaired) electrons. The highest BCUT2D eigenvalue weighted by molar-refractivity contribution is 9.10. The van der Waals surface area contributed by atoms with Crippen LogP contribution in [0.1, 0.15) is 69.9 Å². The van der Waals surface area contributed by atoms with Gasteiger partial charge in [0.1, 0.15) is 6.33 Å². The van der Waals surface area contributed by atoms with Gasteiger partial charge < -0.3 is 10.2 Å². The van der Waals surface area contributed by atoms with Crippen molar-refractivity contribution < 1.29 is 9.59 Å². The van der Waals surface area contributed by atoms with Crippen LogP contribution in [-0.2, 0) is 13.0 Å². The second-order valence-corrected chi connectivity index (χ2v) is 11.3. The minimum Gasteiger partial charge on any atom is -0.355 e. The lowest BCUT2D eigenvalue weighted by molar-refractivity contribution is 0.0652. The van der Waals surface area contributed by atoms with E-state index in [1.165, 1.54) is 0 Å². The maximum atomic E-state index is 14.1. The molecule has 9 nitrogen and oxygen atoms in total. The predicted octanol–water partition coefficient (Wildman–Crippen LogP) is 4.56. The Balaban J connectivity index is 1.62. The van der Waals surface area contributed by atoms with Gasteiger partial charge in [0, 0.05) is 40.4 Å². The first-order valence-corrected chi connectivity index (χ1v) is 14.0. The van der Waals surface area contributed by atoms with Crippen molar-refractivity contribution in [2.75, 3.05) is 7.05 Å². The number of aryl methyl sites for hydroxylation is 1. The third-order valence-electron chi connectivity index (χ3n) is 7.30. The first-order chi connectivity index (χ1) is 19.1. The quantitative estimate of drug-likeness (QED) is 0.361. The molecule has 4 aromatic rings. The SMILES string of the molecule is CNC(=O)c1ccc(-n2c(-n3cnc(C(C)C)c3)nc3c(c2=O)C[C@@H](C)N(C(=O)c2ccc(Br)c(C)c2)C3)cc1. The number of aromatic nitrogens is 4. The minimum absolute atomic E-state index is 0.101. The molecule has 206 valence electrons. The highest BCUT2D eigenvalue weighted by atomic mass is 79.9. The van der Waals surface area contributed by atoms with Gasteiger partial charge in [-0.15, -0.1) is 0 Å². The molecule has 2 amide bonds. The first-order valence-electron chi connectivity index (χ1n) is 13.2. The molecule has 3 heterocycles. The molecule has 0 saturated carbocycles. The van der Waals surface area contributed by atoms with Crippen LogP contribution in [-0.4, -0.2) is 48.9 Å². The molecule has 1 N–H and O–H groups in total. The van der Waals surface area contributed by atoms with Crippen LogP contribution in [0.5, 0.6) is 0 Å². The van der Waals surface area contributed by atoms with Gasteiger partial charge in [-0.25, -0.2) is 14.5 Å². The number of hydrogen-bond acceptors (Lipinski definition) is 5. The van der Waals surface area contributed by atoms with E-state index >= 15 is 0 Å². The molecule has 0 aliphatic carbocycles. The Bertz CT molecular complexity index is 1670. The van der Waals surface area contributed by atoms with E-state index in [9.17, 15) is 14.4 Å². The van der Waals surface area contributed by atoms with Gasteiger partial charge in [0.25, 0.3) is 17.4 Å². The second-order valence-electron chi connectivity index (χ2n) is 10.4. The Morgan fingerprint density at radius 1 is 1.10 bits per heavy atom. The zero-order valence-electron chi connectivity index (χ0n) is 23.1. The van der Waals surface area contributed by atoms with E-state index in [1.807, 2.05) is 46.0 Å². The standard InChI is InChI=1S/C30H31BrN6O3/c1-17(2)25-14-35(16-33-25)30-34-26-15-36(28(39)21-8-11-24(31)18(3)12-21)19(4)13-23(26)29(40)37(30)22-9-6-20(7-10-22)27(38)32-5/h6-12,14,16-17,19H,13,15H2,1-5H3,(H,32,38)/t19-/m1/s1. The van der Waals surface area contributed by atoms with Gasteiger partial charge in [0.05, 0.1) is 23.6 Å². The number of halogens is 1. The summed E-state index contributed by atoms with van der Waals surface area (Å²) in [6.45, 7) is 8.21. The summed E-state index contributed by atoms with van der Waals surface area (Å²) in [5.74, 6) is 0.251. The van der Waals surface area contributed by atoms with Gasteiger partial charge in [0.15, 0.2) is 0 Å². The molecule has 2 aromatic heterocycles. The van der Waals surface area contributed by atoms with Crippen molar-refractivity contribution in [1.82, 2.24) is 29.3 Å². The summed E-state index contributed by atoms with van der Waals surface area (Å²) in [5.41, 5.74) is 4.45. The van der Waals surface area contributed by atoms with E-state index in [2.05, 4.69) is 26.2 Å². The Labute approximate surface area is 241 Å². The summed E-state index contributed by atoms with van der Waals surface area (Å²) in [6.07, 6.45) is 3.89. The highest BCUT2D eigenvalue weighted by Gasteiger charge is 2.32. The molecule has 1 atom stereocenters. The van der Waals surface area contributed by atoms with Crippen molar-refractivity contribution in [3.63, 3.8) is 0 Å². The van der Waals surface area contributed by atoms with Crippen LogP contribution in [0.3, 0.4) is 0 Å². The third kappa shape index (κ3) is 4.99. The van der Waals surface area contributed by atoms with Crippen LogP contribution in [0.25, 0.3) is 11.6 Å². The topological polar surface area (TPSA) is 102 Å². The van der Waals surface area contributed by atoms with Crippen molar-refractivity contribution in [2.24, 2.45) is 0 Å². The minimum atomic E-state index is -0.210. The number of carbonyl (C=O) groups is 2. The lowest BCUT2D eigenvalue weighted by Gasteiger charge is -2.34. The molecule has 0 bridgehead atoms. The Hall–Kier alpha value is -4.05. The molecular weight excluding hydrogens is 572 g/mol. The van der Waals surface area contributed by atoms with Crippen LogP contribution >= 0.6 is 15.9 Å². The van der Waals surface area contributed by atoms with E-state index < -0.39 is 0 Å². The molecule has 5 rings (SSSR count). The molecule has 2 aromatic carbocycles. The lowest BCUT2D eigenvalue weighted by Crippen LogP contribution is -2.46. The summed E-state index contributed by atoms with van der Waals surface area (Å²) in [5, 5.41) is 2.61. The number of amides is 2. The molecule has 0 spiro atoms. The fraction of sp³-hybridized carbons (Fsp3) is 0.300. The summed E-state index contributed by atoms with van der Waals surface area (Å²) in [4.78, 5) is 51.0. The number of carbonyl (C=O) groups excluding carboxylic acids is 2. The summed E-state index contributed by atoms with van der Waals surface area (Å²) >= 11 is 3.50. The molecule has 1 aliphatic heterocycles. The van der Waals surface area contributed by atoms with Crippen LogP contribution in [0.15, 0.2) is 64.3 Å². The smallest absolute Gasteiger partial charge is 0.263 e. The predicted molar refractivity (Wildman–Crippen MR) is 156 cm³/mol. The average Bonchev–Trinajstić information content (AvgIpc) is 3.45. The van der Waals surface area contributed by atoms with Gasteiger partial charge in [0.2, 0.25) is 5.95 Å². The van der Waals surface area contributed by atoms with Crippen LogP contribution in [0.2, 0.25) is 0 Å². The molecule has 1 aliphatic rings. The van der Waals surface area contributed by atoms with Gasteiger partial charge in [-0.05, 0) is 74.2 Å². The van der Waals surface area contributed by atoms with Crippen molar-refractivity contribution in [2.45, 2.75) is 52.6 Å². The monoisotopic (exact) mass is 602 g/mol. The first kappa shape index (κ1) is 27.5. The van der Waals surface area contributed by atoms with Gasteiger partial charge in [-0.3, -0.25) is 19.0 Å². The number of hydrogen-bond donors (Lipinski definition) is 1. The number of nitrogens with one attached hydrogen (secondary N) is 1. The zero-order chi connectivity index (χ0) is 28.7. The van der Waals surface area contributed by atoms with E-state index in [1.54, 1.807) is 57.7 Å². The molecule has 0 saturated heterocycles. The van der Waals surface area contributed by atoms with Crippen LogP contribution in [0, 0.1) is 6.92 Å². The number of fused-ring (bicyclic) bond motifs is 1. The van der Waals surface area contributed by atoms with Crippen molar-refractivity contribution in [3.05, 3.63) is 103 Å². The molecule has 0 fully saturated rings. The Morgan fingerprint density at radius 2 is 1.80 bits per heavy atom. The van der Waals surface area contributed by atoms with E-state index in [0.717, 1.165) is 15.7 Å². The largest absolute Gasteiger partial charge is 0.355 e. The fourth-order valence-electron chi connectivity index (χ4n) is 4.92. The van der Waals surface area contributed by atoms with E-state index in [0.29, 0.717) is 40.4 Å². The third-order valence-corrected chi connectivity index (χ3v) is 8.19. The maximum absolute atomic E-state index is 14.1. The maximum Gasteiger partial charge on any atom is 0.263 e. The Kier molecular flexibility index (Phi) is 7.46. The number of benzene rings is 2. The van der Waals surface area contributed by atoms with Crippen molar-refractivity contribution in [1.29, 1.82) is 0 Å². The van der Waals surface area contributed by atoms with Gasteiger partial charge in [-0.1, -0.05) is 29.8 Å². The lowest BCUT2D eigenvalue weighted by atomic mass is 9.98. The highest BCUT2D eigenvalue weighted by Crippen LogP contribution is 2.26. The number of rotatable bonds is 5. The van der Waals surface area contributed by atoms with Crippen LogP contribution in [0.4, 0.5) is 0 Å². The zero-order valence-corrected chi connectivity index (χ0v) is 24.7. The normalized spacial score (nSPS) is 14.8. The van der Waals surface area contributed by atoms with Gasteiger partial charge in [-0.2, -0.15) is 0 Å². The van der Waals surface area contributed by atoms with Crippen molar-refractivity contribution >= 4 is 27.7 Å². The number of imidazole rings is 1. The summed E-state index contributed by atoms with van der Waals surface area (Å²) in [6, 6.07) is 12.2. The average molecular weight is 604 g/mol. The van der Waals surface area contributed by atoms with Crippen molar-refractivity contribution in [3.8, 4) is 11.6 Å². The fourth-order valence-corrected chi connectivity index (χ4v) is 5.17. The van der Waals surface area contributed by atoms with E-state index in [-0.39, 0.29) is 35.9 Å². The van der Waals surface area contributed by atoms with Gasteiger partial charge >= 0.3 is 0 Å². The summed E-state index contributed by atoms with van der Waals surface area (Å²) in [7, 11) is 1.57. The molecular formula is C30H31BrN6O3. The second kappa shape index (κ2) is 10.8.